The zero-order chi connectivity index (χ0) is 13.0. The second kappa shape index (κ2) is 6.07. The Morgan fingerprint density at radius 3 is 2.72 bits per heavy atom. The number of rotatable bonds is 5. The molecule has 18 heavy (non-hydrogen) atoms. The highest BCUT2D eigenvalue weighted by Gasteiger charge is 2.16. The molecule has 2 nitrogen and oxygen atoms in total. The number of halogens is 1. The largest absolute Gasteiger partial charge is 0.464 e. The van der Waals surface area contributed by atoms with Crippen molar-refractivity contribution in [3.8, 4) is 0 Å². The molecule has 0 radical (unpaired) electrons. The van der Waals surface area contributed by atoms with Gasteiger partial charge in [0.1, 0.15) is 11.5 Å². The predicted octanol–water partition coefficient (Wildman–Crippen LogP) is 4.33. The number of furan rings is 1. The van der Waals surface area contributed by atoms with E-state index in [-0.39, 0.29) is 6.04 Å². The first-order chi connectivity index (χ1) is 8.70. The molecule has 0 spiro atoms. The van der Waals surface area contributed by atoms with Crippen LogP contribution < -0.4 is 5.32 Å². The van der Waals surface area contributed by atoms with Gasteiger partial charge >= 0.3 is 0 Å². The van der Waals surface area contributed by atoms with E-state index in [1.807, 2.05) is 37.3 Å². The molecule has 0 saturated carbocycles. The van der Waals surface area contributed by atoms with Crippen LogP contribution >= 0.6 is 11.6 Å². The van der Waals surface area contributed by atoms with Gasteiger partial charge in [0.15, 0.2) is 0 Å². The molecule has 2 aromatic rings. The average Bonchev–Trinajstić information content (AvgIpc) is 2.76. The van der Waals surface area contributed by atoms with Gasteiger partial charge in [0.25, 0.3) is 0 Å². The summed E-state index contributed by atoms with van der Waals surface area (Å²) in [5.74, 6) is 1.86. The molecule has 96 valence electrons. The summed E-state index contributed by atoms with van der Waals surface area (Å²) < 4.78 is 5.73. The maximum absolute atomic E-state index is 6.06. The van der Waals surface area contributed by atoms with Crippen LogP contribution in [0.3, 0.4) is 0 Å². The molecule has 0 amide bonds. The monoisotopic (exact) mass is 263 g/mol. The molecule has 1 aromatic heterocycles. The second-order valence-electron chi connectivity index (χ2n) is 4.39. The fraction of sp³-hybridized carbons (Fsp3) is 0.333. The molecule has 1 unspecified atom stereocenters. The minimum atomic E-state index is 0.0670. The minimum Gasteiger partial charge on any atom is -0.464 e. The summed E-state index contributed by atoms with van der Waals surface area (Å²) in [7, 11) is 0. The van der Waals surface area contributed by atoms with E-state index in [4.69, 9.17) is 16.0 Å². The summed E-state index contributed by atoms with van der Waals surface area (Å²) >= 11 is 6.06. The van der Waals surface area contributed by atoms with Crippen LogP contribution in [-0.4, -0.2) is 6.54 Å². The number of hydrogen-bond acceptors (Lipinski definition) is 2. The third-order valence-electron chi connectivity index (χ3n) is 2.83. The van der Waals surface area contributed by atoms with Gasteiger partial charge in [-0.05, 0) is 49.7 Å². The highest BCUT2D eigenvalue weighted by molar-refractivity contribution is 6.30. The predicted molar refractivity (Wildman–Crippen MR) is 75.0 cm³/mol. The second-order valence-corrected chi connectivity index (χ2v) is 4.83. The minimum absolute atomic E-state index is 0.0670. The van der Waals surface area contributed by atoms with Gasteiger partial charge in [-0.2, -0.15) is 0 Å². The average molecular weight is 264 g/mol. The van der Waals surface area contributed by atoms with Crippen LogP contribution in [0.2, 0.25) is 5.02 Å². The first-order valence-electron chi connectivity index (χ1n) is 6.26. The van der Waals surface area contributed by atoms with E-state index in [1.54, 1.807) is 0 Å². The highest BCUT2D eigenvalue weighted by Crippen LogP contribution is 2.25. The van der Waals surface area contributed by atoms with E-state index < -0.39 is 0 Å². The maximum Gasteiger partial charge on any atom is 0.125 e. The van der Waals surface area contributed by atoms with Gasteiger partial charge in [-0.25, -0.2) is 0 Å². The molecule has 0 aliphatic rings. The Hall–Kier alpha value is -1.25. The molecule has 2 rings (SSSR count). The number of benzene rings is 1. The Labute approximate surface area is 113 Å². The molecular weight excluding hydrogens is 246 g/mol. The lowest BCUT2D eigenvalue weighted by Gasteiger charge is -2.17. The van der Waals surface area contributed by atoms with Gasteiger partial charge in [-0.15, -0.1) is 0 Å². The summed E-state index contributed by atoms with van der Waals surface area (Å²) in [6, 6.07) is 12.0. The van der Waals surface area contributed by atoms with Crippen LogP contribution in [-0.2, 0) is 0 Å². The van der Waals surface area contributed by atoms with Crippen molar-refractivity contribution >= 4 is 11.6 Å². The summed E-state index contributed by atoms with van der Waals surface area (Å²) in [6.07, 6.45) is 1.08. The van der Waals surface area contributed by atoms with Crippen molar-refractivity contribution in [2.75, 3.05) is 6.54 Å². The highest BCUT2D eigenvalue weighted by atomic mass is 35.5. The first kappa shape index (κ1) is 13.2. The lowest BCUT2D eigenvalue weighted by atomic mass is 10.0. The van der Waals surface area contributed by atoms with Gasteiger partial charge in [0.2, 0.25) is 0 Å². The molecule has 0 aliphatic carbocycles. The molecule has 0 fully saturated rings. The third kappa shape index (κ3) is 3.15. The van der Waals surface area contributed by atoms with Crippen molar-refractivity contribution < 1.29 is 4.42 Å². The summed E-state index contributed by atoms with van der Waals surface area (Å²) in [5, 5.41) is 4.24. The topological polar surface area (TPSA) is 25.2 Å². The van der Waals surface area contributed by atoms with Crippen molar-refractivity contribution in [2.45, 2.75) is 26.3 Å². The molecule has 1 heterocycles. The normalized spacial score (nSPS) is 12.6. The Kier molecular flexibility index (Phi) is 4.45. The van der Waals surface area contributed by atoms with Gasteiger partial charge in [0.05, 0.1) is 6.04 Å². The molecule has 1 aromatic carbocycles. The van der Waals surface area contributed by atoms with Gasteiger partial charge in [0, 0.05) is 5.02 Å². The molecule has 1 N–H and O–H groups in total. The summed E-state index contributed by atoms with van der Waals surface area (Å²) in [5.41, 5.74) is 1.13. The van der Waals surface area contributed by atoms with E-state index in [9.17, 15) is 0 Å². The van der Waals surface area contributed by atoms with E-state index in [2.05, 4.69) is 18.3 Å². The quantitative estimate of drug-likeness (QED) is 0.869. The maximum atomic E-state index is 6.06. The van der Waals surface area contributed by atoms with Crippen molar-refractivity contribution in [2.24, 2.45) is 0 Å². The molecule has 0 saturated heterocycles. The Morgan fingerprint density at radius 2 is 2.11 bits per heavy atom. The standard InChI is InChI=1S/C15H18ClNO/c1-3-9-17-15(14-8-7-11(2)18-14)12-5-4-6-13(16)10-12/h4-8,10,15,17H,3,9H2,1-2H3. The lowest BCUT2D eigenvalue weighted by molar-refractivity contribution is 0.430. The van der Waals surface area contributed by atoms with Crippen LogP contribution in [0.25, 0.3) is 0 Å². The molecule has 3 heteroatoms. The van der Waals surface area contributed by atoms with Crippen LogP contribution in [0.1, 0.15) is 36.5 Å². The molecular formula is C15H18ClNO. The van der Waals surface area contributed by atoms with E-state index in [1.165, 1.54) is 0 Å². The van der Waals surface area contributed by atoms with Crippen molar-refractivity contribution in [3.05, 3.63) is 58.5 Å². The Balaban J connectivity index is 2.30. The lowest BCUT2D eigenvalue weighted by Crippen LogP contribution is -2.22. The number of aryl methyl sites for hydroxylation is 1. The van der Waals surface area contributed by atoms with E-state index in [0.29, 0.717) is 0 Å². The zero-order valence-corrected chi connectivity index (χ0v) is 11.5. The van der Waals surface area contributed by atoms with Crippen molar-refractivity contribution in [3.63, 3.8) is 0 Å². The fourth-order valence-corrected chi connectivity index (χ4v) is 2.16. The molecule has 1 atom stereocenters. The third-order valence-corrected chi connectivity index (χ3v) is 3.06. The number of hydrogen-bond donors (Lipinski definition) is 1. The van der Waals surface area contributed by atoms with Crippen LogP contribution in [0.15, 0.2) is 40.8 Å². The summed E-state index contributed by atoms with van der Waals surface area (Å²) in [4.78, 5) is 0. The SMILES string of the molecule is CCCNC(c1cccc(Cl)c1)c1ccc(C)o1. The van der Waals surface area contributed by atoms with E-state index in [0.717, 1.165) is 35.1 Å². The van der Waals surface area contributed by atoms with Gasteiger partial charge in [-0.3, -0.25) is 0 Å². The summed E-state index contributed by atoms with van der Waals surface area (Å²) in [6.45, 7) is 5.05. The van der Waals surface area contributed by atoms with Crippen LogP contribution in [0, 0.1) is 6.92 Å². The Bertz CT molecular complexity index is 507. The van der Waals surface area contributed by atoms with E-state index >= 15 is 0 Å². The van der Waals surface area contributed by atoms with Gasteiger partial charge in [-0.1, -0.05) is 30.7 Å². The van der Waals surface area contributed by atoms with Crippen LogP contribution in [0.4, 0.5) is 0 Å². The number of nitrogens with one attached hydrogen (secondary N) is 1. The van der Waals surface area contributed by atoms with Gasteiger partial charge < -0.3 is 9.73 Å². The van der Waals surface area contributed by atoms with Crippen molar-refractivity contribution in [1.82, 2.24) is 5.32 Å². The molecule has 0 bridgehead atoms. The fourth-order valence-electron chi connectivity index (χ4n) is 1.97. The molecule has 0 aliphatic heterocycles. The zero-order valence-electron chi connectivity index (χ0n) is 10.7. The first-order valence-corrected chi connectivity index (χ1v) is 6.63. The van der Waals surface area contributed by atoms with Crippen LogP contribution in [0.5, 0.6) is 0 Å². The smallest absolute Gasteiger partial charge is 0.125 e. The van der Waals surface area contributed by atoms with Crippen molar-refractivity contribution in [1.29, 1.82) is 0 Å². The Morgan fingerprint density at radius 1 is 1.28 bits per heavy atom.